The number of benzene rings is 1. The van der Waals surface area contributed by atoms with Gasteiger partial charge in [0.25, 0.3) is 11.8 Å². The number of H-pyrrole nitrogens is 1. The Kier molecular flexibility index (Phi) is 3.91. The second-order valence-corrected chi connectivity index (χ2v) is 6.44. The molecule has 2 aliphatic rings. The third-order valence-corrected chi connectivity index (χ3v) is 4.84. The van der Waals surface area contributed by atoms with E-state index in [4.69, 9.17) is 4.74 Å². The number of para-hydroxylation sites is 2. The molecular weight excluding hydrogens is 320 g/mol. The maximum Gasteiger partial charge on any atom is 0.272 e. The average molecular weight is 340 g/mol. The van der Waals surface area contributed by atoms with Crippen molar-refractivity contribution in [2.45, 2.75) is 31.7 Å². The summed E-state index contributed by atoms with van der Waals surface area (Å²) in [4.78, 5) is 26.9. The van der Waals surface area contributed by atoms with Crippen LogP contribution in [0.25, 0.3) is 0 Å². The van der Waals surface area contributed by atoms with E-state index in [0.717, 1.165) is 36.9 Å². The molecule has 25 heavy (non-hydrogen) atoms. The highest BCUT2D eigenvalue weighted by molar-refractivity contribution is 6.03. The third-order valence-electron chi connectivity index (χ3n) is 4.84. The summed E-state index contributed by atoms with van der Waals surface area (Å²) >= 11 is 0. The fraction of sp³-hybridized carbons (Fsp3) is 0.389. The number of aromatic nitrogens is 2. The van der Waals surface area contributed by atoms with E-state index in [2.05, 4.69) is 15.5 Å². The Bertz CT molecular complexity index is 829. The Morgan fingerprint density at radius 1 is 1.32 bits per heavy atom. The van der Waals surface area contributed by atoms with Gasteiger partial charge in [-0.05, 0) is 37.8 Å². The molecule has 1 aromatic carbocycles. The molecule has 2 N–H and O–H groups in total. The molecule has 1 aromatic heterocycles. The van der Waals surface area contributed by atoms with Crippen LogP contribution in [0.1, 0.15) is 34.6 Å². The van der Waals surface area contributed by atoms with Crippen molar-refractivity contribution in [2.75, 3.05) is 18.6 Å². The van der Waals surface area contributed by atoms with E-state index < -0.39 is 6.04 Å². The van der Waals surface area contributed by atoms with Crippen molar-refractivity contribution in [1.82, 2.24) is 15.5 Å². The fourth-order valence-corrected chi connectivity index (χ4v) is 3.45. The number of anilines is 1. The first-order chi connectivity index (χ1) is 12.1. The number of hydrogen-bond donors (Lipinski definition) is 2. The van der Waals surface area contributed by atoms with Gasteiger partial charge in [0.05, 0.1) is 5.69 Å². The van der Waals surface area contributed by atoms with Gasteiger partial charge in [0, 0.05) is 18.3 Å². The zero-order chi connectivity index (χ0) is 17.4. The highest BCUT2D eigenvalue weighted by Gasteiger charge is 2.32. The maximum absolute atomic E-state index is 12.7. The van der Waals surface area contributed by atoms with Crippen LogP contribution in [0.5, 0.6) is 5.75 Å². The Balaban J connectivity index is 1.54. The van der Waals surface area contributed by atoms with Gasteiger partial charge in [0.2, 0.25) is 0 Å². The highest BCUT2D eigenvalue weighted by atomic mass is 16.5. The van der Waals surface area contributed by atoms with Crippen LogP contribution in [-0.2, 0) is 17.6 Å². The lowest BCUT2D eigenvalue weighted by Gasteiger charge is -2.20. The first kappa shape index (κ1) is 15.7. The molecule has 2 heterocycles. The number of carbonyl (C=O) groups is 2. The van der Waals surface area contributed by atoms with E-state index in [9.17, 15) is 9.59 Å². The summed E-state index contributed by atoms with van der Waals surface area (Å²) in [6.45, 7) is 0.0958. The SMILES string of the molecule is CN1C(=O)[C@@H](NC(=O)c2n[nH]c3c2CCCC3)COc2ccccc21. The molecule has 0 fully saturated rings. The minimum absolute atomic E-state index is 0.0958. The van der Waals surface area contributed by atoms with Crippen LogP contribution in [0.4, 0.5) is 5.69 Å². The molecule has 1 aliphatic carbocycles. The number of likely N-dealkylation sites (N-methyl/N-ethyl adjacent to an activating group) is 1. The largest absolute Gasteiger partial charge is 0.489 e. The molecule has 2 aromatic rings. The Labute approximate surface area is 145 Å². The van der Waals surface area contributed by atoms with Crippen molar-refractivity contribution in [3.63, 3.8) is 0 Å². The quantitative estimate of drug-likeness (QED) is 0.866. The molecule has 0 bridgehead atoms. The van der Waals surface area contributed by atoms with Crippen molar-refractivity contribution in [3.8, 4) is 5.75 Å². The Hall–Kier alpha value is -2.83. The number of hydrogen-bond acceptors (Lipinski definition) is 4. The number of nitrogens with one attached hydrogen (secondary N) is 2. The second kappa shape index (κ2) is 6.23. The fourth-order valence-electron chi connectivity index (χ4n) is 3.45. The summed E-state index contributed by atoms with van der Waals surface area (Å²) in [5, 5.41) is 9.91. The summed E-state index contributed by atoms with van der Waals surface area (Å²) in [5.74, 6) is 0.0932. The van der Waals surface area contributed by atoms with Gasteiger partial charge in [-0.1, -0.05) is 12.1 Å². The molecular formula is C18H20N4O3. The highest BCUT2D eigenvalue weighted by Crippen LogP contribution is 2.30. The van der Waals surface area contributed by atoms with Gasteiger partial charge in [0.1, 0.15) is 18.4 Å². The minimum atomic E-state index is -0.749. The van der Waals surface area contributed by atoms with E-state index in [1.165, 1.54) is 4.90 Å². The normalized spacial score (nSPS) is 19.5. The van der Waals surface area contributed by atoms with E-state index in [1.807, 2.05) is 24.3 Å². The first-order valence-electron chi connectivity index (χ1n) is 8.51. The maximum atomic E-state index is 12.7. The predicted octanol–water partition coefficient (Wildman–Crippen LogP) is 1.44. The number of rotatable bonds is 2. The summed E-state index contributed by atoms with van der Waals surface area (Å²) in [7, 11) is 1.69. The van der Waals surface area contributed by atoms with Crippen LogP contribution in [-0.4, -0.2) is 41.7 Å². The molecule has 0 spiro atoms. The molecule has 2 amide bonds. The lowest BCUT2D eigenvalue weighted by Crippen LogP contribution is -2.49. The number of ether oxygens (including phenoxy) is 1. The van der Waals surface area contributed by atoms with Crippen molar-refractivity contribution in [2.24, 2.45) is 0 Å². The van der Waals surface area contributed by atoms with Gasteiger partial charge in [-0.3, -0.25) is 14.7 Å². The zero-order valence-corrected chi connectivity index (χ0v) is 14.0. The number of nitrogens with zero attached hydrogens (tertiary/aromatic N) is 2. The molecule has 1 aliphatic heterocycles. The zero-order valence-electron chi connectivity index (χ0n) is 14.0. The molecule has 0 unspecified atom stereocenters. The van der Waals surface area contributed by atoms with Crippen LogP contribution >= 0.6 is 0 Å². The summed E-state index contributed by atoms with van der Waals surface area (Å²) < 4.78 is 5.73. The summed E-state index contributed by atoms with van der Waals surface area (Å²) in [5.41, 5.74) is 3.10. The van der Waals surface area contributed by atoms with E-state index in [-0.39, 0.29) is 18.4 Å². The molecule has 0 saturated heterocycles. The lowest BCUT2D eigenvalue weighted by molar-refractivity contribution is -0.120. The number of aryl methyl sites for hydroxylation is 1. The van der Waals surface area contributed by atoms with Crippen molar-refractivity contribution < 1.29 is 14.3 Å². The lowest BCUT2D eigenvalue weighted by atomic mass is 9.95. The Morgan fingerprint density at radius 3 is 3.00 bits per heavy atom. The van der Waals surface area contributed by atoms with Gasteiger partial charge >= 0.3 is 0 Å². The molecule has 7 heteroatoms. The third kappa shape index (κ3) is 2.75. The smallest absolute Gasteiger partial charge is 0.272 e. The number of amides is 2. The van der Waals surface area contributed by atoms with Crippen LogP contribution in [0.3, 0.4) is 0 Å². The first-order valence-corrected chi connectivity index (χ1v) is 8.51. The van der Waals surface area contributed by atoms with Gasteiger partial charge in [-0.15, -0.1) is 0 Å². The number of aromatic amines is 1. The van der Waals surface area contributed by atoms with Crippen molar-refractivity contribution in [3.05, 3.63) is 41.2 Å². The standard InChI is InChI=1S/C18H20N4O3/c1-22-14-8-4-5-9-15(14)25-10-13(18(22)24)19-17(23)16-11-6-2-3-7-12(11)20-21-16/h4-5,8-9,13H,2-3,6-7,10H2,1H3,(H,19,23)(H,20,21)/t13-/m0/s1. The molecule has 1 atom stereocenters. The molecule has 0 radical (unpaired) electrons. The van der Waals surface area contributed by atoms with Crippen molar-refractivity contribution >= 4 is 17.5 Å². The number of carbonyl (C=O) groups excluding carboxylic acids is 2. The van der Waals surface area contributed by atoms with Gasteiger partial charge < -0.3 is 15.0 Å². The summed E-state index contributed by atoms with van der Waals surface area (Å²) in [6, 6.07) is 6.59. The predicted molar refractivity (Wildman–Crippen MR) is 91.8 cm³/mol. The van der Waals surface area contributed by atoms with Gasteiger partial charge in [-0.2, -0.15) is 5.10 Å². The van der Waals surface area contributed by atoms with Crippen molar-refractivity contribution in [1.29, 1.82) is 0 Å². The average Bonchev–Trinajstić information content (AvgIpc) is 3.03. The van der Waals surface area contributed by atoms with Crippen LogP contribution < -0.4 is 15.0 Å². The molecule has 0 saturated carbocycles. The second-order valence-electron chi connectivity index (χ2n) is 6.44. The molecule has 7 nitrogen and oxygen atoms in total. The number of fused-ring (bicyclic) bond motifs is 2. The Morgan fingerprint density at radius 2 is 2.12 bits per heavy atom. The van der Waals surface area contributed by atoms with E-state index >= 15 is 0 Å². The van der Waals surface area contributed by atoms with Gasteiger partial charge in [0.15, 0.2) is 5.69 Å². The summed E-state index contributed by atoms with van der Waals surface area (Å²) in [6.07, 6.45) is 3.92. The van der Waals surface area contributed by atoms with Crippen LogP contribution in [0, 0.1) is 0 Å². The van der Waals surface area contributed by atoms with E-state index in [1.54, 1.807) is 7.05 Å². The van der Waals surface area contributed by atoms with E-state index in [0.29, 0.717) is 17.1 Å². The molecule has 4 rings (SSSR count). The van der Waals surface area contributed by atoms with Gasteiger partial charge in [-0.25, -0.2) is 0 Å². The van der Waals surface area contributed by atoms with Crippen LogP contribution in [0.15, 0.2) is 24.3 Å². The topological polar surface area (TPSA) is 87.3 Å². The molecule has 130 valence electrons. The van der Waals surface area contributed by atoms with Crippen LogP contribution in [0.2, 0.25) is 0 Å². The monoisotopic (exact) mass is 340 g/mol. The minimum Gasteiger partial charge on any atom is -0.489 e.